The van der Waals surface area contributed by atoms with Gasteiger partial charge in [0.1, 0.15) is 0 Å². The number of imidazole rings is 1. The molecule has 4 aromatic rings. The molecule has 0 saturated carbocycles. The predicted octanol–water partition coefficient (Wildman–Crippen LogP) is 5.15. The number of fused-ring (bicyclic) bond motifs is 1. The van der Waals surface area contributed by atoms with Crippen LogP contribution in [0, 0.1) is 0 Å². The van der Waals surface area contributed by atoms with Crippen LogP contribution in [0.5, 0.6) is 0 Å². The zero-order valence-electron chi connectivity index (χ0n) is 13.4. The largest absolute Gasteiger partial charge is 0.347 e. The predicted molar refractivity (Wildman–Crippen MR) is 98.5 cm³/mol. The standard InChI is InChI=1S/C20H18ClN3/c1-2-23-13-18(17-5-3-4-6-19(17)23)20(24-12-11-22-14-24)15-7-9-16(21)10-8-15/h3-14,20H,2H2,1H3. The third kappa shape index (κ3) is 2.51. The lowest BCUT2D eigenvalue weighted by atomic mass is 9.98. The van der Waals surface area contributed by atoms with Crippen LogP contribution in [0.4, 0.5) is 0 Å². The third-order valence-corrected chi connectivity index (χ3v) is 4.72. The minimum Gasteiger partial charge on any atom is -0.347 e. The van der Waals surface area contributed by atoms with E-state index in [0.717, 1.165) is 11.6 Å². The summed E-state index contributed by atoms with van der Waals surface area (Å²) < 4.78 is 4.44. The van der Waals surface area contributed by atoms with Gasteiger partial charge in [0.2, 0.25) is 0 Å². The number of halogens is 1. The van der Waals surface area contributed by atoms with E-state index in [-0.39, 0.29) is 6.04 Å². The summed E-state index contributed by atoms with van der Waals surface area (Å²) in [6, 6.07) is 16.7. The van der Waals surface area contributed by atoms with Gasteiger partial charge < -0.3 is 9.13 Å². The Hall–Kier alpha value is -2.52. The maximum Gasteiger partial charge on any atom is 0.0954 e. The number of hydrogen-bond donors (Lipinski definition) is 0. The molecule has 24 heavy (non-hydrogen) atoms. The lowest BCUT2D eigenvalue weighted by molar-refractivity contribution is 0.674. The quantitative estimate of drug-likeness (QED) is 0.505. The van der Waals surface area contributed by atoms with Crippen molar-refractivity contribution in [2.75, 3.05) is 0 Å². The van der Waals surface area contributed by atoms with E-state index in [2.05, 4.69) is 63.6 Å². The van der Waals surface area contributed by atoms with Crippen LogP contribution in [0.2, 0.25) is 5.02 Å². The SMILES string of the molecule is CCn1cc(C(c2ccc(Cl)cc2)n2ccnc2)c2ccccc21. The van der Waals surface area contributed by atoms with E-state index in [1.807, 2.05) is 30.9 Å². The average Bonchev–Trinajstić information content (AvgIpc) is 3.26. The van der Waals surface area contributed by atoms with Crippen molar-refractivity contribution in [3.63, 3.8) is 0 Å². The lowest BCUT2D eigenvalue weighted by Gasteiger charge is -2.19. The monoisotopic (exact) mass is 335 g/mol. The molecular weight excluding hydrogens is 318 g/mol. The minimum atomic E-state index is 0.0717. The van der Waals surface area contributed by atoms with Crippen molar-refractivity contribution >= 4 is 22.5 Å². The second-order valence-electron chi connectivity index (χ2n) is 5.85. The van der Waals surface area contributed by atoms with Crippen molar-refractivity contribution < 1.29 is 0 Å². The molecule has 120 valence electrons. The normalized spacial score (nSPS) is 12.6. The molecule has 0 radical (unpaired) electrons. The van der Waals surface area contributed by atoms with Gasteiger partial charge in [-0.25, -0.2) is 4.98 Å². The van der Waals surface area contributed by atoms with Gasteiger partial charge in [-0.05, 0) is 30.7 Å². The van der Waals surface area contributed by atoms with Crippen LogP contribution in [0.15, 0.2) is 73.4 Å². The summed E-state index contributed by atoms with van der Waals surface area (Å²) in [6.45, 7) is 3.11. The van der Waals surface area contributed by atoms with Crippen molar-refractivity contribution in [3.8, 4) is 0 Å². The van der Waals surface area contributed by atoms with Gasteiger partial charge in [0.05, 0.1) is 12.4 Å². The molecule has 0 aliphatic carbocycles. The fourth-order valence-corrected chi connectivity index (χ4v) is 3.46. The van der Waals surface area contributed by atoms with Crippen molar-refractivity contribution in [2.24, 2.45) is 0 Å². The molecule has 0 saturated heterocycles. The summed E-state index contributed by atoms with van der Waals surface area (Å²) in [6.07, 6.45) is 7.96. The van der Waals surface area contributed by atoms with E-state index >= 15 is 0 Å². The number of nitrogens with zero attached hydrogens (tertiary/aromatic N) is 3. The van der Waals surface area contributed by atoms with Crippen LogP contribution in [0.25, 0.3) is 10.9 Å². The molecule has 4 heteroatoms. The molecule has 2 heterocycles. The van der Waals surface area contributed by atoms with Crippen molar-refractivity contribution in [2.45, 2.75) is 19.5 Å². The summed E-state index contributed by atoms with van der Waals surface area (Å²) >= 11 is 6.09. The number of hydrogen-bond acceptors (Lipinski definition) is 1. The van der Waals surface area contributed by atoms with Crippen LogP contribution in [-0.2, 0) is 6.54 Å². The first kappa shape index (κ1) is 15.0. The highest BCUT2D eigenvalue weighted by Gasteiger charge is 2.20. The molecule has 4 rings (SSSR count). The van der Waals surface area contributed by atoms with Crippen LogP contribution in [0.1, 0.15) is 24.1 Å². The van der Waals surface area contributed by atoms with Gasteiger partial charge in [0.15, 0.2) is 0 Å². The summed E-state index contributed by atoms with van der Waals surface area (Å²) in [4.78, 5) is 4.25. The maximum atomic E-state index is 6.09. The van der Waals surface area contributed by atoms with Crippen LogP contribution in [0.3, 0.4) is 0 Å². The molecule has 0 aliphatic heterocycles. The molecule has 3 nitrogen and oxygen atoms in total. The summed E-state index contributed by atoms with van der Waals surface area (Å²) in [5.41, 5.74) is 3.72. The molecule has 1 atom stereocenters. The highest BCUT2D eigenvalue weighted by Crippen LogP contribution is 2.34. The number of benzene rings is 2. The summed E-state index contributed by atoms with van der Waals surface area (Å²) in [5.74, 6) is 0. The topological polar surface area (TPSA) is 22.8 Å². The molecule has 0 aliphatic rings. The molecule has 0 fully saturated rings. The Kier molecular flexibility index (Phi) is 3.87. The van der Waals surface area contributed by atoms with Gasteiger partial charge >= 0.3 is 0 Å². The Labute approximate surface area is 146 Å². The van der Waals surface area contributed by atoms with Gasteiger partial charge in [-0.15, -0.1) is 0 Å². The first-order chi connectivity index (χ1) is 11.8. The van der Waals surface area contributed by atoms with E-state index in [1.54, 1.807) is 0 Å². The van der Waals surface area contributed by atoms with Gasteiger partial charge in [0.25, 0.3) is 0 Å². The van der Waals surface area contributed by atoms with Gasteiger partial charge in [-0.3, -0.25) is 0 Å². The van der Waals surface area contributed by atoms with E-state index in [9.17, 15) is 0 Å². The number of aromatic nitrogens is 3. The van der Waals surface area contributed by atoms with E-state index in [0.29, 0.717) is 0 Å². The zero-order chi connectivity index (χ0) is 16.5. The van der Waals surface area contributed by atoms with Gasteiger partial charge in [-0.2, -0.15) is 0 Å². The fourth-order valence-electron chi connectivity index (χ4n) is 3.33. The Balaban J connectivity index is 1.96. The summed E-state index contributed by atoms with van der Waals surface area (Å²) in [7, 11) is 0. The molecule has 0 spiro atoms. The lowest BCUT2D eigenvalue weighted by Crippen LogP contribution is -2.10. The van der Waals surface area contributed by atoms with Crippen LogP contribution < -0.4 is 0 Å². The molecule has 1 unspecified atom stereocenters. The second kappa shape index (κ2) is 6.17. The van der Waals surface area contributed by atoms with E-state index in [1.165, 1.54) is 22.0 Å². The first-order valence-electron chi connectivity index (χ1n) is 8.08. The minimum absolute atomic E-state index is 0.0717. The van der Waals surface area contributed by atoms with Crippen molar-refractivity contribution in [3.05, 3.63) is 89.6 Å². The molecule has 0 N–H and O–H groups in total. The number of rotatable bonds is 4. The highest BCUT2D eigenvalue weighted by molar-refractivity contribution is 6.30. The second-order valence-corrected chi connectivity index (χ2v) is 6.29. The third-order valence-electron chi connectivity index (χ3n) is 4.46. The van der Waals surface area contributed by atoms with Gasteiger partial charge in [0, 0.05) is 46.6 Å². The summed E-state index contributed by atoms with van der Waals surface area (Å²) in [5, 5.41) is 2.02. The Morgan fingerprint density at radius 3 is 2.58 bits per heavy atom. The molecule has 0 bridgehead atoms. The fraction of sp³-hybridized carbons (Fsp3) is 0.150. The Morgan fingerprint density at radius 2 is 1.88 bits per heavy atom. The molecular formula is C20H18ClN3. The zero-order valence-corrected chi connectivity index (χ0v) is 14.2. The smallest absolute Gasteiger partial charge is 0.0954 e. The molecule has 2 aromatic carbocycles. The van der Waals surface area contributed by atoms with E-state index in [4.69, 9.17) is 11.6 Å². The first-order valence-corrected chi connectivity index (χ1v) is 8.46. The molecule has 2 aromatic heterocycles. The average molecular weight is 336 g/mol. The van der Waals surface area contributed by atoms with Crippen molar-refractivity contribution in [1.82, 2.24) is 14.1 Å². The number of aryl methyl sites for hydroxylation is 1. The Bertz CT molecular complexity index is 952. The highest BCUT2D eigenvalue weighted by atomic mass is 35.5. The Morgan fingerprint density at radius 1 is 1.08 bits per heavy atom. The van der Waals surface area contributed by atoms with Crippen molar-refractivity contribution in [1.29, 1.82) is 0 Å². The maximum absolute atomic E-state index is 6.09. The number of para-hydroxylation sites is 1. The van der Waals surface area contributed by atoms with Crippen LogP contribution in [-0.4, -0.2) is 14.1 Å². The molecule has 0 amide bonds. The van der Waals surface area contributed by atoms with Gasteiger partial charge in [-0.1, -0.05) is 41.9 Å². The van der Waals surface area contributed by atoms with E-state index < -0.39 is 0 Å². The van der Waals surface area contributed by atoms with Crippen LogP contribution >= 0.6 is 11.6 Å².